The number of hydrogen-bond donors (Lipinski definition) is 2. The van der Waals surface area contributed by atoms with Gasteiger partial charge in [-0.1, -0.05) is 0 Å². The Labute approximate surface area is 186 Å². The van der Waals surface area contributed by atoms with Crippen molar-refractivity contribution in [3.8, 4) is 0 Å². The minimum atomic E-state index is -3.80. The standard InChI is InChI=1S/C21H25N5O5S/c1-24-13-17(12-18(24)19(22)27)32(30,31)26-10-8-25(9-11-26)21(29)15-4-6-16(7-5-15)23-20(28)14-2-3-14/h4-7,12-14H,2-3,8-11H2,1H3,(H2,22,27)(H,23,28). The van der Waals surface area contributed by atoms with Crippen molar-refractivity contribution in [2.24, 2.45) is 18.7 Å². The Morgan fingerprint density at radius 2 is 1.66 bits per heavy atom. The lowest BCUT2D eigenvalue weighted by Gasteiger charge is -2.33. The SMILES string of the molecule is Cn1cc(S(=O)(=O)N2CCN(C(=O)c3ccc(NC(=O)C4CC4)cc3)CC2)cc1C(N)=O. The summed E-state index contributed by atoms with van der Waals surface area (Å²) in [5.74, 6) is -0.801. The quantitative estimate of drug-likeness (QED) is 0.653. The second-order valence-electron chi connectivity index (χ2n) is 8.07. The summed E-state index contributed by atoms with van der Waals surface area (Å²) >= 11 is 0. The van der Waals surface area contributed by atoms with Crippen molar-refractivity contribution in [1.29, 1.82) is 0 Å². The molecule has 1 aliphatic carbocycles. The molecule has 170 valence electrons. The summed E-state index contributed by atoms with van der Waals surface area (Å²) in [4.78, 5) is 37.7. The van der Waals surface area contributed by atoms with E-state index in [-0.39, 0.29) is 54.5 Å². The van der Waals surface area contributed by atoms with E-state index in [2.05, 4.69) is 5.32 Å². The molecule has 10 nitrogen and oxygen atoms in total. The summed E-state index contributed by atoms with van der Waals surface area (Å²) in [5, 5.41) is 2.83. The molecule has 1 saturated heterocycles. The zero-order valence-electron chi connectivity index (χ0n) is 17.7. The highest BCUT2D eigenvalue weighted by molar-refractivity contribution is 7.89. The first kappa shape index (κ1) is 22.0. The van der Waals surface area contributed by atoms with Gasteiger partial charge in [-0.25, -0.2) is 8.42 Å². The number of anilines is 1. The molecule has 1 aromatic carbocycles. The Bertz CT molecular complexity index is 1160. The van der Waals surface area contributed by atoms with Crippen LogP contribution in [-0.4, -0.2) is 66.1 Å². The fourth-order valence-corrected chi connectivity index (χ4v) is 5.16. The van der Waals surface area contributed by atoms with Crippen molar-refractivity contribution < 1.29 is 22.8 Å². The Balaban J connectivity index is 1.37. The molecular weight excluding hydrogens is 434 g/mol. The van der Waals surface area contributed by atoms with Crippen LogP contribution in [-0.2, 0) is 21.9 Å². The molecule has 11 heteroatoms. The third kappa shape index (κ3) is 4.39. The number of primary amides is 1. The topological polar surface area (TPSA) is 135 Å². The van der Waals surface area contributed by atoms with Gasteiger partial charge in [0.15, 0.2) is 0 Å². The molecule has 0 spiro atoms. The molecule has 32 heavy (non-hydrogen) atoms. The highest BCUT2D eigenvalue weighted by Crippen LogP contribution is 2.30. The maximum Gasteiger partial charge on any atom is 0.265 e. The van der Waals surface area contributed by atoms with Gasteiger partial charge in [-0.05, 0) is 43.2 Å². The average Bonchev–Trinajstić information content (AvgIpc) is 3.55. The summed E-state index contributed by atoms with van der Waals surface area (Å²) in [6.45, 7) is 0.774. The van der Waals surface area contributed by atoms with E-state index in [1.807, 2.05) is 0 Å². The number of carbonyl (C=O) groups excluding carboxylic acids is 3. The van der Waals surface area contributed by atoms with Crippen molar-refractivity contribution in [1.82, 2.24) is 13.8 Å². The maximum absolute atomic E-state index is 12.9. The normalized spacial score (nSPS) is 17.2. The molecule has 2 aromatic rings. The van der Waals surface area contributed by atoms with Gasteiger partial charge in [-0.3, -0.25) is 14.4 Å². The first-order valence-corrected chi connectivity index (χ1v) is 11.8. The van der Waals surface area contributed by atoms with E-state index in [1.54, 1.807) is 36.2 Å². The lowest BCUT2D eigenvalue weighted by molar-refractivity contribution is -0.117. The number of piperazine rings is 1. The number of sulfonamides is 1. The third-order valence-electron chi connectivity index (χ3n) is 5.74. The van der Waals surface area contributed by atoms with Crippen LogP contribution in [0.3, 0.4) is 0 Å². The number of carbonyl (C=O) groups is 3. The number of benzene rings is 1. The van der Waals surface area contributed by atoms with Crippen LogP contribution in [0.25, 0.3) is 0 Å². The number of aromatic nitrogens is 1. The van der Waals surface area contributed by atoms with Gasteiger partial charge in [0.25, 0.3) is 11.8 Å². The van der Waals surface area contributed by atoms with E-state index in [0.29, 0.717) is 11.3 Å². The van der Waals surface area contributed by atoms with Crippen molar-refractivity contribution >= 4 is 33.4 Å². The molecule has 3 N–H and O–H groups in total. The van der Waals surface area contributed by atoms with Crippen LogP contribution in [0.2, 0.25) is 0 Å². The van der Waals surface area contributed by atoms with Crippen LogP contribution >= 0.6 is 0 Å². The highest BCUT2D eigenvalue weighted by atomic mass is 32.2. The van der Waals surface area contributed by atoms with Gasteiger partial charge in [0, 0.05) is 56.6 Å². The first-order chi connectivity index (χ1) is 15.2. The lowest BCUT2D eigenvalue weighted by Crippen LogP contribution is -2.50. The average molecular weight is 460 g/mol. The van der Waals surface area contributed by atoms with Crippen LogP contribution in [0, 0.1) is 5.92 Å². The van der Waals surface area contributed by atoms with E-state index in [9.17, 15) is 22.8 Å². The number of nitrogens with two attached hydrogens (primary N) is 1. The minimum Gasteiger partial charge on any atom is -0.364 e. The Morgan fingerprint density at radius 1 is 1.03 bits per heavy atom. The Morgan fingerprint density at radius 3 is 2.19 bits per heavy atom. The summed E-state index contributed by atoms with van der Waals surface area (Å²) in [5.41, 5.74) is 6.50. The number of nitrogens with zero attached hydrogens (tertiary/aromatic N) is 3. The van der Waals surface area contributed by atoms with Crippen molar-refractivity contribution in [3.05, 3.63) is 47.8 Å². The zero-order valence-corrected chi connectivity index (χ0v) is 18.5. The second-order valence-corrected chi connectivity index (χ2v) is 10.0. The van der Waals surface area contributed by atoms with Crippen LogP contribution < -0.4 is 11.1 Å². The van der Waals surface area contributed by atoms with Crippen LogP contribution in [0.5, 0.6) is 0 Å². The molecular formula is C21H25N5O5S. The molecule has 1 aliphatic heterocycles. The van der Waals surface area contributed by atoms with E-state index >= 15 is 0 Å². The molecule has 2 fully saturated rings. The van der Waals surface area contributed by atoms with E-state index in [0.717, 1.165) is 12.8 Å². The van der Waals surface area contributed by atoms with E-state index in [1.165, 1.54) is 21.1 Å². The Hall–Kier alpha value is -3.18. The molecule has 2 aliphatic rings. The number of aryl methyl sites for hydroxylation is 1. The zero-order chi connectivity index (χ0) is 23.0. The highest BCUT2D eigenvalue weighted by Gasteiger charge is 2.32. The monoisotopic (exact) mass is 459 g/mol. The maximum atomic E-state index is 12.9. The van der Waals surface area contributed by atoms with Gasteiger partial charge in [0.2, 0.25) is 15.9 Å². The number of rotatable bonds is 6. The summed E-state index contributed by atoms with van der Waals surface area (Å²) < 4.78 is 28.5. The summed E-state index contributed by atoms with van der Waals surface area (Å²) in [6.07, 6.45) is 3.19. The van der Waals surface area contributed by atoms with Crippen LogP contribution in [0.4, 0.5) is 5.69 Å². The molecule has 0 radical (unpaired) electrons. The van der Waals surface area contributed by atoms with Crippen molar-refractivity contribution in [2.45, 2.75) is 17.7 Å². The van der Waals surface area contributed by atoms with Gasteiger partial charge in [0.05, 0.1) is 0 Å². The van der Waals surface area contributed by atoms with Gasteiger partial charge in [0.1, 0.15) is 10.6 Å². The van der Waals surface area contributed by atoms with Crippen molar-refractivity contribution in [3.63, 3.8) is 0 Å². The number of nitrogens with one attached hydrogen (secondary N) is 1. The lowest BCUT2D eigenvalue weighted by atomic mass is 10.1. The van der Waals surface area contributed by atoms with Gasteiger partial charge in [-0.15, -0.1) is 0 Å². The second kappa shape index (κ2) is 8.40. The number of amides is 3. The molecule has 1 saturated carbocycles. The van der Waals surface area contributed by atoms with Gasteiger partial charge in [-0.2, -0.15) is 4.31 Å². The smallest absolute Gasteiger partial charge is 0.265 e. The first-order valence-electron chi connectivity index (χ1n) is 10.3. The van der Waals surface area contributed by atoms with Crippen LogP contribution in [0.1, 0.15) is 33.7 Å². The summed E-state index contributed by atoms with van der Waals surface area (Å²) in [6, 6.07) is 7.96. The Kier molecular flexibility index (Phi) is 5.78. The molecule has 1 aromatic heterocycles. The van der Waals surface area contributed by atoms with Crippen molar-refractivity contribution in [2.75, 3.05) is 31.5 Å². The van der Waals surface area contributed by atoms with Gasteiger partial charge >= 0.3 is 0 Å². The largest absolute Gasteiger partial charge is 0.364 e. The minimum absolute atomic E-state index is 0.00240. The predicted octanol–water partition coefficient (Wildman–Crippen LogP) is 0.619. The fraction of sp³-hybridized carbons (Fsp3) is 0.381. The predicted molar refractivity (Wildman–Crippen MR) is 116 cm³/mol. The molecule has 2 heterocycles. The molecule has 0 unspecified atom stereocenters. The molecule has 3 amide bonds. The molecule has 4 rings (SSSR count). The number of hydrogen-bond acceptors (Lipinski definition) is 5. The van der Waals surface area contributed by atoms with Gasteiger partial charge < -0.3 is 20.5 Å². The van der Waals surface area contributed by atoms with E-state index in [4.69, 9.17) is 5.73 Å². The third-order valence-corrected chi connectivity index (χ3v) is 7.61. The fourth-order valence-electron chi connectivity index (χ4n) is 3.67. The van der Waals surface area contributed by atoms with E-state index < -0.39 is 15.9 Å². The molecule has 0 bridgehead atoms. The van der Waals surface area contributed by atoms with Crippen LogP contribution in [0.15, 0.2) is 41.4 Å². The summed E-state index contributed by atoms with van der Waals surface area (Å²) in [7, 11) is -2.25. The molecule has 0 atom stereocenters.